The van der Waals surface area contributed by atoms with Crippen LogP contribution in [0.15, 0.2) is 54.7 Å². The standard InChI is InChI=1S/C18H14Cl2N4O4/c1-9-15(17(25)22-11-3-2-4-12(8-11)24(27)28)16(23-18(26)21-9)10-5-6-13(19)14(20)7-10/h2-8,15-16H,1H2,(H,22,25)(H2,21,23,26)/t15-,16+/m0/s1. The van der Waals surface area contributed by atoms with Gasteiger partial charge in [-0.05, 0) is 23.8 Å². The van der Waals surface area contributed by atoms with E-state index in [2.05, 4.69) is 22.5 Å². The molecule has 0 radical (unpaired) electrons. The van der Waals surface area contributed by atoms with Gasteiger partial charge in [0.05, 0.1) is 21.0 Å². The molecule has 3 amide bonds. The van der Waals surface area contributed by atoms with Gasteiger partial charge in [-0.2, -0.15) is 0 Å². The number of nitrogens with one attached hydrogen (secondary N) is 3. The van der Waals surface area contributed by atoms with Crippen molar-refractivity contribution >= 4 is 46.5 Å². The molecule has 1 aliphatic rings. The van der Waals surface area contributed by atoms with Crippen LogP contribution in [0.3, 0.4) is 0 Å². The summed E-state index contributed by atoms with van der Waals surface area (Å²) in [4.78, 5) is 35.2. The van der Waals surface area contributed by atoms with E-state index >= 15 is 0 Å². The van der Waals surface area contributed by atoms with Gasteiger partial charge in [0.1, 0.15) is 5.92 Å². The molecule has 1 saturated heterocycles. The number of rotatable bonds is 4. The van der Waals surface area contributed by atoms with Gasteiger partial charge >= 0.3 is 6.03 Å². The quantitative estimate of drug-likeness (QED) is 0.511. The number of carbonyl (C=O) groups is 2. The lowest BCUT2D eigenvalue weighted by Crippen LogP contribution is -2.51. The van der Waals surface area contributed by atoms with Crippen LogP contribution in [0.1, 0.15) is 11.6 Å². The van der Waals surface area contributed by atoms with E-state index in [4.69, 9.17) is 23.2 Å². The first kappa shape index (κ1) is 19.7. The molecule has 0 saturated carbocycles. The van der Waals surface area contributed by atoms with E-state index in [-0.39, 0.29) is 22.1 Å². The Labute approximate surface area is 169 Å². The molecule has 8 nitrogen and oxygen atoms in total. The molecule has 3 rings (SSSR count). The largest absolute Gasteiger partial charge is 0.330 e. The highest BCUT2D eigenvalue weighted by Crippen LogP contribution is 2.34. The number of nitro benzene ring substituents is 1. The number of nitro groups is 1. The molecule has 1 fully saturated rings. The van der Waals surface area contributed by atoms with Gasteiger partial charge in [0, 0.05) is 23.5 Å². The molecule has 2 aromatic rings. The zero-order valence-corrected chi connectivity index (χ0v) is 15.8. The molecule has 1 aliphatic heterocycles. The van der Waals surface area contributed by atoms with Crippen LogP contribution in [0.2, 0.25) is 10.0 Å². The maximum atomic E-state index is 12.9. The van der Waals surface area contributed by atoms with Crippen molar-refractivity contribution in [3.05, 3.63) is 80.5 Å². The van der Waals surface area contributed by atoms with Crippen LogP contribution in [-0.2, 0) is 4.79 Å². The van der Waals surface area contributed by atoms with E-state index in [1.54, 1.807) is 18.2 Å². The van der Waals surface area contributed by atoms with Gasteiger partial charge in [-0.3, -0.25) is 14.9 Å². The van der Waals surface area contributed by atoms with Crippen molar-refractivity contribution in [3.63, 3.8) is 0 Å². The summed E-state index contributed by atoms with van der Waals surface area (Å²) in [6, 6.07) is 9.03. The van der Waals surface area contributed by atoms with E-state index < -0.39 is 28.8 Å². The number of benzene rings is 2. The molecule has 2 aromatic carbocycles. The fraction of sp³-hybridized carbons (Fsp3) is 0.111. The van der Waals surface area contributed by atoms with E-state index in [0.717, 1.165) is 0 Å². The Morgan fingerprint density at radius 2 is 1.93 bits per heavy atom. The minimum absolute atomic E-state index is 0.160. The molecule has 1 heterocycles. The fourth-order valence-corrected chi connectivity index (χ4v) is 3.20. The molecular weight excluding hydrogens is 407 g/mol. The first-order chi connectivity index (χ1) is 13.3. The second-order valence-corrected chi connectivity index (χ2v) is 6.86. The number of carbonyl (C=O) groups excluding carboxylic acids is 2. The number of hydrogen-bond donors (Lipinski definition) is 3. The van der Waals surface area contributed by atoms with Crippen LogP contribution in [-0.4, -0.2) is 16.9 Å². The lowest BCUT2D eigenvalue weighted by molar-refractivity contribution is -0.384. The maximum Gasteiger partial charge on any atom is 0.319 e. The highest BCUT2D eigenvalue weighted by molar-refractivity contribution is 6.42. The second-order valence-electron chi connectivity index (χ2n) is 6.05. The fourth-order valence-electron chi connectivity index (χ4n) is 2.89. The number of non-ortho nitro benzene ring substituents is 1. The summed E-state index contributed by atoms with van der Waals surface area (Å²) in [5, 5.41) is 19.3. The zero-order chi connectivity index (χ0) is 20.4. The predicted molar refractivity (Wildman–Crippen MR) is 105 cm³/mol. The normalized spacial score (nSPS) is 18.8. The average Bonchev–Trinajstić information content (AvgIpc) is 2.63. The van der Waals surface area contributed by atoms with Crippen LogP contribution in [0.5, 0.6) is 0 Å². The zero-order valence-electron chi connectivity index (χ0n) is 14.2. The van der Waals surface area contributed by atoms with Crippen molar-refractivity contribution in [1.82, 2.24) is 10.6 Å². The average molecular weight is 421 g/mol. The number of nitrogens with zero attached hydrogens (tertiary/aromatic N) is 1. The minimum Gasteiger partial charge on any atom is -0.330 e. The summed E-state index contributed by atoms with van der Waals surface area (Å²) < 4.78 is 0. The Hall–Kier alpha value is -3.10. The number of hydrogen-bond acceptors (Lipinski definition) is 4. The highest BCUT2D eigenvalue weighted by atomic mass is 35.5. The molecule has 0 bridgehead atoms. The smallest absolute Gasteiger partial charge is 0.319 e. The molecule has 0 aromatic heterocycles. The molecular formula is C18H14Cl2N4O4. The van der Waals surface area contributed by atoms with Crippen molar-refractivity contribution in [3.8, 4) is 0 Å². The number of halogens is 2. The van der Waals surface area contributed by atoms with Crippen molar-refractivity contribution in [2.24, 2.45) is 5.92 Å². The highest BCUT2D eigenvalue weighted by Gasteiger charge is 2.38. The molecule has 3 N–H and O–H groups in total. The van der Waals surface area contributed by atoms with Crippen LogP contribution < -0.4 is 16.0 Å². The van der Waals surface area contributed by atoms with Crippen molar-refractivity contribution in [1.29, 1.82) is 0 Å². The van der Waals surface area contributed by atoms with Gasteiger partial charge in [-0.15, -0.1) is 0 Å². The lowest BCUT2D eigenvalue weighted by atomic mass is 9.88. The molecule has 0 spiro atoms. The van der Waals surface area contributed by atoms with Gasteiger partial charge < -0.3 is 16.0 Å². The maximum absolute atomic E-state index is 12.9. The Kier molecular flexibility index (Phi) is 5.53. The monoisotopic (exact) mass is 420 g/mol. The lowest BCUT2D eigenvalue weighted by Gasteiger charge is -2.34. The second kappa shape index (κ2) is 7.87. The number of amides is 3. The van der Waals surface area contributed by atoms with Crippen molar-refractivity contribution < 1.29 is 14.5 Å². The Morgan fingerprint density at radius 1 is 1.18 bits per heavy atom. The predicted octanol–water partition coefficient (Wildman–Crippen LogP) is 4.02. The summed E-state index contributed by atoms with van der Waals surface area (Å²) in [7, 11) is 0. The number of anilines is 1. The molecule has 0 unspecified atom stereocenters. The van der Waals surface area contributed by atoms with Gasteiger partial charge in [0.2, 0.25) is 5.91 Å². The third-order valence-corrected chi connectivity index (χ3v) is 4.92. The topological polar surface area (TPSA) is 113 Å². The van der Waals surface area contributed by atoms with Crippen LogP contribution in [0.4, 0.5) is 16.2 Å². The van der Waals surface area contributed by atoms with E-state index in [9.17, 15) is 19.7 Å². The molecule has 2 atom stereocenters. The first-order valence-corrected chi connectivity index (χ1v) is 8.78. The Balaban J connectivity index is 1.91. The van der Waals surface area contributed by atoms with E-state index in [0.29, 0.717) is 10.6 Å². The van der Waals surface area contributed by atoms with Crippen molar-refractivity contribution in [2.45, 2.75) is 6.04 Å². The van der Waals surface area contributed by atoms with Gasteiger partial charge in [-0.25, -0.2) is 4.79 Å². The summed E-state index contributed by atoms with van der Waals surface area (Å²) >= 11 is 12.0. The third kappa shape index (κ3) is 4.08. The van der Waals surface area contributed by atoms with Crippen molar-refractivity contribution in [2.75, 3.05) is 5.32 Å². The number of urea groups is 1. The Morgan fingerprint density at radius 3 is 2.61 bits per heavy atom. The third-order valence-electron chi connectivity index (χ3n) is 4.18. The Bertz CT molecular complexity index is 995. The van der Waals surface area contributed by atoms with Crippen LogP contribution in [0.25, 0.3) is 0 Å². The van der Waals surface area contributed by atoms with Crippen LogP contribution >= 0.6 is 23.2 Å². The van der Waals surface area contributed by atoms with E-state index in [1.807, 2.05) is 0 Å². The molecule has 0 aliphatic carbocycles. The van der Waals surface area contributed by atoms with E-state index in [1.165, 1.54) is 24.3 Å². The summed E-state index contributed by atoms with van der Waals surface area (Å²) in [5.74, 6) is -1.40. The van der Waals surface area contributed by atoms with Gasteiger partial charge in [0.25, 0.3) is 5.69 Å². The summed E-state index contributed by atoms with van der Waals surface area (Å²) in [6.07, 6.45) is 0. The summed E-state index contributed by atoms with van der Waals surface area (Å²) in [6.45, 7) is 3.77. The summed E-state index contributed by atoms with van der Waals surface area (Å²) in [5.41, 5.74) is 0.830. The first-order valence-electron chi connectivity index (χ1n) is 8.03. The molecule has 28 heavy (non-hydrogen) atoms. The SMILES string of the molecule is C=C1NC(=O)N[C@H](c2ccc(Cl)c(Cl)c2)[C@H]1C(=O)Nc1cccc([N+](=O)[O-])c1. The minimum atomic E-state index is -0.894. The van der Waals surface area contributed by atoms with Gasteiger partial charge in [-0.1, -0.05) is 41.9 Å². The van der Waals surface area contributed by atoms with Crippen LogP contribution in [0, 0.1) is 16.0 Å². The molecule has 10 heteroatoms. The van der Waals surface area contributed by atoms with Gasteiger partial charge in [0.15, 0.2) is 0 Å². The molecule has 144 valence electrons.